The smallest absolute Gasteiger partial charge is 0.160 e. The van der Waals surface area contributed by atoms with Crippen molar-refractivity contribution < 1.29 is 0 Å². The number of nitrogens with zero attached hydrogens (tertiary/aromatic N) is 4. The fourth-order valence-corrected chi connectivity index (χ4v) is 9.37. The lowest BCUT2D eigenvalue weighted by Crippen LogP contribution is -1.99. The average molecular weight is 791 g/mol. The van der Waals surface area contributed by atoms with Crippen molar-refractivity contribution in [3.8, 4) is 56.2 Å². The average Bonchev–Trinajstić information content (AvgIpc) is 3.36. The molecule has 0 aliphatic heterocycles. The molecule has 1 aliphatic carbocycles. The minimum atomic E-state index is 0.687. The minimum absolute atomic E-state index is 0.687. The summed E-state index contributed by atoms with van der Waals surface area (Å²) in [6, 6.07) is 64.9. The predicted molar refractivity (Wildman–Crippen MR) is 258 cm³/mol. The number of pyridine rings is 2. The van der Waals surface area contributed by atoms with Crippen LogP contribution in [0.2, 0.25) is 0 Å². The van der Waals surface area contributed by atoms with E-state index in [4.69, 9.17) is 15.0 Å². The second-order valence-electron chi connectivity index (χ2n) is 16.1. The second-order valence-corrected chi connectivity index (χ2v) is 16.1. The van der Waals surface area contributed by atoms with Crippen LogP contribution in [0.4, 0.5) is 0 Å². The van der Waals surface area contributed by atoms with Crippen LogP contribution >= 0.6 is 0 Å². The molecule has 3 aromatic heterocycles. The number of allylic oxidation sites excluding steroid dienone is 4. The van der Waals surface area contributed by atoms with Gasteiger partial charge in [0.05, 0.1) is 22.6 Å². The number of benzene rings is 8. The lowest BCUT2D eigenvalue weighted by Gasteiger charge is -2.18. The molecule has 8 aromatic carbocycles. The van der Waals surface area contributed by atoms with Gasteiger partial charge in [-0.05, 0) is 151 Å². The lowest BCUT2D eigenvalue weighted by atomic mass is 9.87. The van der Waals surface area contributed by atoms with E-state index >= 15 is 0 Å². The van der Waals surface area contributed by atoms with Crippen molar-refractivity contribution in [3.63, 3.8) is 0 Å². The van der Waals surface area contributed by atoms with Crippen LogP contribution in [-0.4, -0.2) is 19.9 Å². The topological polar surface area (TPSA) is 51.6 Å². The highest BCUT2D eigenvalue weighted by Crippen LogP contribution is 2.42. The van der Waals surface area contributed by atoms with E-state index in [9.17, 15) is 0 Å². The Morgan fingerprint density at radius 3 is 1.89 bits per heavy atom. The quantitative estimate of drug-likeness (QED) is 0.151. The van der Waals surface area contributed by atoms with Crippen molar-refractivity contribution in [1.82, 2.24) is 19.9 Å². The molecule has 0 amide bonds. The number of aromatic nitrogens is 4. The van der Waals surface area contributed by atoms with Crippen LogP contribution in [0.3, 0.4) is 0 Å². The van der Waals surface area contributed by atoms with Gasteiger partial charge in [0.1, 0.15) is 0 Å². The van der Waals surface area contributed by atoms with Gasteiger partial charge in [0, 0.05) is 34.5 Å². The van der Waals surface area contributed by atoms with E-state index in [0.29, 0.717) is 5.82 Å². The summed E-state index contributed by atoms with van der Waals surface area (Å²) in [6.45, 7) is 0. The van der Waals surface area contributed by atoms with Crippen LogP contribution < -0.4 is 0 Å². The largest absolute Gasteiger partial charge is 0.257 e. The molecule has 4 heteroatoms. The molecular weight excluding hydrogens is 753 g/mol. The molecule has 3 heterocycles. The highest BCUT2D eigenvalue weighted by molar-refractivity contribution is 6.25. The van der Waals surface area contributed by atoms with E-state index in [1.54, 1.807) is 0 Å². The Kier molecular flexibility index (Phi) is 8.60. The predicted octanol–water partition coefficient (Wildman–Crippen LogP) is 14.9. The van der Waals surface area contributed by atoms with Gasteiger partial charge in [-0.25, -0.2) is 9.97 Å². The van der Waals surface area contributed by atoms with E-state index < -0.39 is 0 Å². The molecule has 0 fully saturated rings. The Morgan fingerprint density at radius 1 is 0.403 bits per heavy atom. The number of fused-ring (bicyclic) bond motifs is 1. The maximum absolute atomic E-state index is 5.49. The summed E-state index contributed by atoms with van der Waals surface area (Å²) in [7, 11) is 0. The van der Waals surface area contributed by atoms with Gasteiger partial charge in [-0.15, -0.1) is 0 Å². The Labute approximate surface area is 359 Å². The fraction of sp³-hybridized carbons (Fsp3) is 0.0345. The minimum Gasteiger partial charge on any atom is -0.257 e. The monoisotopic (exact) mass is 790 g/mol. The van der Waals surface area contributed by atoms with Crippen LogP contribution in [0.1, 0.15) is 24.1 Å². The molecule has 11 aromatic rings. The third-order valence-corrected chi connectivity index (χ3v) is 12.4. The second kappa shape index (κ2) is 14.9. The molecule has 0 atom stereocenters. The third kappa shape index (κ3) is 6.32. The third-order valence-electron chi connectivity index (χ3n) is 12.4. The molecule has 12 rings (SSSR count). The summed E-state index contributed by atoms with van der Waals surface area (Å²) >= 11 is 0. The summed E-state index contributed by atoms with van der Waals surface area (Å²) in [6.07, 6.45) is 10.3. The fourth-order valence-electron chi connectivity index (χ4n) is 9.37. The Hall–Kier alpha value is -8.08. The molecule has 62 heavy (non-hydrogen) atoms. The first-order valence-electron chi connectivity index (χ1n) is 21.2. The van der Waals surface area contributed by atoms with Crippen molar-refractivity contribution in [1.29, 1.82) is 0 Å². The molecule has 0 bridgehead atoms. The molecular formula is C58H38N4. The zero-order valence-corrected chi connectivity index (χ0v) is 33.8. The van der Waals surface area contributed by atoms with E-state index in [1.807, 2.05) is 36.7 Å². The van der Waals surface area contributed by atoms with Crippen LogP contribution in [0, 0.1) is 0 Å². The van der Waals surface area contributed by atoms with E-state index in [2.05, 4.69) is 175 Å². The molecule has 0 N–H and O–H groups in total. The molecule has 0 spiro atoms. The maximum Gasteiger partial charge on any atom is 0.160 e. The standard InChI is InChI=1S/C58H38N4/c1-2-11-40(12-3-1)57-51-36-43(41-15-9-17-44(31-41)52-19-4-6-29-59-52)25-28-54(51)61-58(62-57)48-34-46(42-16-10-18-45(32-42)53-20-5-7-30-60-53)33-47(35-48)49-26-23-39-22-21-37-13-8-14-38-24-27-50(49)56(39)55(37)38/h1-9,11-17,19-36H,10,18H2. The van der Waals surface area contributed by atoms with E-state index in [-0.39, 0.29) is 0 Å². The van der Waals surface area contributed by atoms with Gasteiger partial charge in [0.2, 0.25) is 0 Å². The maximum atomic E-state index is 5.49. The molecule has 0 radical (unpaired) electrons. The Morgan fingerprint density at radius 2 is 1.06 bits per heavy atom. The summed E-state index contributed by atoms with van der Waals surface area (Å²) in [4.78, 5) is 20.2. The zero-order valence-electron chi connectivity index (χ0n) is 33.8. The van der Waals surface area contributed by atoms with Crippen molar-refractivity contribution >= 4 is 54.4 Å². The highest BCUT2D eigenvalue weighted by atomic mass is 14.9. The van der Waals surface area contributed by atoms with Gasteiger partial charge in [-0.2, -0.15) is 0 Å². The highest BCUT2D eigenvalue weighted by Gasteiger charge is 2.19. The molecule has 0 unspecified atom stereocenters. The van der Waals surface area contributed by atoms with Gasteiger partial charge >= 0.3 is 0 Å². The zero-order chi connectivity index (χ0) is 41.0. The van der Waals surface area contributed by atoms with E-state index in [1.165, 1.54) is 49.0 Å². The van der Waals surface area contributed by atoms with Crippen molar-refractivity contribution in [2.75, 3.05) is 0 Å². The van der Waals surface area contributed by atoms with Crippen molar-refractivity contribution in [2.24, 2.45) is 0 Å². The summed E-state index contributed by atoms with van der Waals surface area (Å²) in [5.74, 6) is 0.687. The molecule has 4 nitrogen and oxygen atoms in total. The van der Waals surface area contributed by atoms with Gasteiger partial charge in [-0.1, -0.05) is 127 Å². The van der Waals surface area contributed by atoms with Gasteiger partial charge in [0.25, 0.3) is 0 Å². The van der Waals surface area contributed by atoms with Crippen molar-refractivity contribution in [2.45, 2.75) is 12.8 Å². The molecule has 0 saturated heterocycles. The van der Waals surface area contributed by atoms with Crippen LogP contribution in [0.5, 0.6) is 0 Å². The molecule has 0 saturated carbocycles. The summed E-state index contributed by atoms with van der Waals surface area (Å²) in [5.41, 5.74) is 14.9. The van der Waals surface area contributed by atoms with E-state index in [0.717, 1.165) is 79.8 Å². The van der Waals surface area contributed by atoms with Crippen LogP contribution in [0.25, 0.3) is 111 Å². The number of rotatable bonds is 7. The first-order chi connectivity index (χ1) is 30.7. The number of hydrogen-bond donors (Lipinski definition) is 0. The first-order valence-corrected chi connectivity index (χ1v) is 21.2. The normalized spacial score (nSPS) is 12.9. The van der Waals surface area contributed by atoms with Crippen molar-refractivity contribution in [3.05, 3.63) is 218 Å². The SMILES string of the molecule is C1=C(c2cc(-c3nc(-c4ccccc4)c4cc(-c5cccc(-c6ccccn6)c5)ccc4n3)cc(-c3ccc4ccc5cccc6ccc3c4c56)c2)C=C(c2ccccn2)CC1. The van der Waals surface area contributed by atoms with Crippen LogP contribution in [0.15, 0.2) is 207 Å². The van der Waals surface area contributed by atoms with Gasteiger partial charge in [-0.3, -0.25) is 9.97 Å². The molecule has 1 aliphatic rings. The number of hydrogen-bond acceptors (Lipinski definition) is 4. The Bertz CT molecular complexity index is 3540. The summed E-state index contributed by atoms with van der Waals surface area (Å²) in [5, 5.41) is 8.61. The molecule has 290 valence electrons. The van der Waals surface area contributed by atoms with Gasteiger partial charge < -0.3 is 0 Å². The first kappa shape index (κ1) is 35.8. The Balaban J connectivity index is 1.06. The lowest BCUT2D eigenvalue weighted by molar-refractivity contribution is 1.04. The van der Waals surface area contributed by atoms with Crippen LogP contribution in [-0.2, 0) is 0 Å². The van der Waals surface area contributed by atoms with Gasteiger partial charge in [0.15, 0.2) is 5.82 Å². The summed E-state index contributed by atoms with van der Waals surface area (Å²) < 4.78 is 0.